The standard InChI is InChI=1S/C15H22BrNO2/c1-3-5-11-17(12-10-16)15(18)13-6-8-14(9-7-13)19-4-2/h6-9H,3-5,10-12H2,1-2H3. The molecule has 106 valence electrons. The Kier molecular flexibility index (Phi) is 7.56. The molecule has 3 nitrogen and oxygen atoms in total. The first-order valence-corrected chi connectivity index (χ1v) is 7.93. The molecule has 0 aromatic heterocycles. The quantitative estimate of drug-likeness (QED) is 0.681. The van der Waals surface area contributed by atoms with Gasteiger partial charge in [-0.05, 0) is 37.6 Å². The van der Waals surface area contributed by atoms with Crippen LogP contribution in [0.2, 0.25) is 0 Å². The summed E-state index contributed by atoms with van der Waals surface area (Å²) in [5, 5.41) is 0.805. The summed E-state index contributed by atoms with van der Waals surface area (Å²) >= 11 is 3.40. The molecule has 19 heavy (non-hydrogen) atoms. The lowest BCUT2D eigenvalue weighted by atomic mass is 10.2. The molecule has 0 bridgehead atoms. The van der Waals surface area contributed by atoms with E-state index in [0.717, 1.165) is 42.6 Å². The smallest absolute Gasteiger partial charge is 0.253 e. The number of alkyl halides is 1. The fraction of sp³-hybridized carbons (Fsp3) is 0.533. The molecule has 0 heterocycles. The molecule has 0 N–H and O–H groups in total. The van der Waals surface area contributed by atoms with Crippen LogP contribution in [0.15, 0.2) is 24.3 Å². The van der Waals surface area contributed by atoms with Gasteiger partial charge in [-0.1, -0.05) is 29.3 Å². The molecule has 0 saturated heterocycles. The van der Waals surface area contributed by atoms with Crippen molar-refractivity contribution in [3.63, 3.8) is 0 Å². The SMILES string of the molecule is CCCCN(CCBr)C(=O)c1ccc(OCC)cc1. The van der Waals surface area contributed by atoms with Gasteiger partial charge in [-0.2, -0.15) is 0 Å². The minimum atomic E-state index is 0.0935. The molecule has 0 aliphatic heterocycles. The zero-order valence-corrected chi connectivity index (χ0v) is 13.3. The van der Waals surface area contributed by atoms with Crippen molar-refractivity contribution in [2.45, 2.75) is 26.7 Å². The number of nitrogens with zero attached hydrogens (tertiary/aromatic N) is 1. The van der Waals surface area contributed by atoms with E-state index in [4.69, 9.17) is 4.74 Å². The van der Waals surface area contributed by atoms with E-state index in [0.29, 0.717) is 6.61 Å². The van der Waals surface area contributed by atoms with Gasteiger partial charge in [0.1, 0.15) is 5.75 Å². The molecule has 1 rings (SSSR count). The molecule has 0 atom stereocenters. The summed E-state index contributed by atoms with van der Waals surface area (Å²) in [4.78, 5) is 14.3. The van der Waals surface area contributed by atoms with Crippen LogP contribution in [0.3, 0.4) is 0 Å². The molecule has 1 aromatic rings. The van der Waals surface area contributed by atoms with Crippen molar-refractivity contribution in [3.05, 3.63) is 29.8 Å². The van der Waals surface area contributed by atoms with Crippen LogP contribution >= 0.6 is 15.9 Å². The second-order valence-corrected chi connectivity index (χ2v) is 5.09. The average Bonchev–Trinajstić information content (AvgIpc) is 2.44. The van der Waals surface area contributed by atoms with E-state index in [1.54, 1.807) is 0 Å². The largest absolute Gasteiger partial charge is 0.494 e. The van der Waals surface area contributed by atoms with Gasteiger partial charge in [-0.15, -0.1) is 0 Å². The number of amides is 1. The Bertz CT molecular complexity index is 378. The van der Waals surface area contributed by atoms with Gasteiger partial charge in [-0.25, -0.2) is 0 Å². The van der Waals surface area contributed by atoms with Gasteiger partial charge in [0, 0.05) is 24.0 Å². The normalized spacial score (nSPS) is 10.3. The van der Waals surface area contributed by atoms with Crippen molar-refractivity contribution in [1.29, 1.82) is 0 Å². The molecule has 4 heteroatoms. The zero-order chi connectivity index (χ0) is 14.1. The predicted molar refractivity (Wildman–Crippen MR) is 82.2 cm³/mol. The second kappa shape index (κ2) is 8.97. The number of hydrogen-bond acceptors (Lipinski definition) is 2. The lowest BCUT2D eigenvalue weighted by Gasteiger charge is -2.21. The number of unbranched alkanes of at least 4 members (excludes halogenated alkanes) is 1. The Morgan fingerprint density at radius 3 is 2.42 bits per heavy atom. The van der Waals surface area contributed by atoms with Crippen LogP contribution in [0.4, 0.5) is 0 Å². The fourth-order valence-corrected chi connectivity index (χ4v) is 2.24. The molecule has 0 spiro atoms. The summed E-state index contributed by atoms with van der Waals surface area (Å²) < 4.78 is 5.38. The van der Waals surface area contributed by atoms with Gasteiger partial charge in [0.25, 0.3) is 5.91 Å². The van der Waals surface area contributed by atoms with Crippen LogP contribution in [-0.4, -0.2) is 35.8 Å². The lowest BCUT2D eigenvalue weighted by Crippen LogP contribution is -2.33. The Morgan fingerprint density at radius 2 is 1.89 bits per heavy atom. The Balaban J connectivity index is 2.71. The zero-order valence-electron chi connectivity index (χ0n) is 11.7. The molecule has 0 aliphatic carbocycles. The minimum Gasteiger partial charge on any atom is -0.494 e. The minimum absolute atomic E-state index is 0.0935. The van der Waals surface area contributed by atoms with E-state index < -0.39 is 0 Å². The molecular weight excluding hydrogens is 306 g/mol. The van der Waals surface area contributed by atoms with E-state index in [1.807, 2.05) is 36.1 Å². The maximum Gasteiger partial charge on any atom is 0.253 e. The molecule has 0 radical (unpaired) electrons. The van der Waals surface area contributed by atoms with Gasteiger partial charge < -0.3 is 9.64 Å². The summed E-state index contributed by atoms with van der Waals surface area (Å²) in [6, 6.07) is 7.37. The highest BCUT2D eigenvalue weighted by atomic mass is 79.9. The first kappa shape index (κ1) is 16.0. The van der Waals surface area contributed by atoms with E-state index in [2.05, 4.69) is 22.9 Å². The Hall–Kier alpha value is -1.03. The summed E-state index contributed by atoms with van der Waals surface area (Å²) in [6.07, 6.45) is 2.13. The van der Waals surface area contributed by atoms with Crippen LogP contribution < -0.4 is 4.74 Å². The number of carbonyl (C=O) groups is 1. The van der Waals surface area contributed by atoms with Gasteiger partial charge in [0.15, 0.2) is 0 Å². The molecule has 0 saturated carbocycles. The van der Waals surface area contributed by atoms with Gasteiger partial charge in [0.05, 0.1) is 6.61 Å². The van der Waals surface area contributed by atoms with Crippen LogP contribution in [0.25, 0.3) is 0 Å². The molecule has 0 fully saturated rings. The number of rotatable bonds is 8. The third kappa shape index (κ3) is 5.23. The molecular formula is C15H22BrNO2. The Labute approximate surface area is 124 Å². The third-order valence-corrected chi connectivity index (χ3v) is 3.19. The first-order valence-electron chi connectivity index (χ1n) is 6.81. The highest BCUT2D eigenvalue weighted by Crippen LogP contribution is 2.14. The van der Waals surface area contributed by atoms with Crippen LogP contribution in [0.5, 0.6) is 5.75 Å². The Morgan fingerprint density at radius 1 is 1.21 bits per heavy atom. The molecule has 1 amide bonds. The lowest BCUT2D eigenvalue weighted by molar-refractivity contribution is 0.0764. The van der Waals surface area contributed by atoms with Crippen molar-refractivity contribution >= 4 is 21.8 Å². The van der Waals surface area contributed by atoms with Crippen molar-refractivity contribution in [3.8, 4) is 5.75 Å². The van der Waals surface area contributed by atoms with Crippen molar-refractivity contribution in [2.24, 2.45) is 0 Å². The predicted octanol–water partition coefficient (Wildman–Crippen LogP) is 3.72. The van der Waals surface area contributed by atoms with E-state index in [1.165, 1.54) is 0 Å². The summed E-state index contributed by atoms with van der Waals surface area (Å²) in [7, 11) is 0. The first-order chi connectivity index (χ1) is 9.22. The molecule has 1 aromatic carbocycles. The topological polar surface area (TPSA) is 29.5 Å². The van der Waals surface area contributed by atoms with Gasteiger partial charge in [-0.3, -0.25) is 4.79 Å². The molecule has 0 unspecified atom stereocenters. The van der Waals surface area contributed by atoms with Gasteiger partial charge in [0.2, 0.25) is 0 Å². The monoisotopic (exact) mass is 327 g/mol. The third-order valence-electron chi connectivity index (χ3n) is 2.84. The molecule has 0 aliphatic rings. The van der Waals surface area contributed by atoms with Crippen molar-refractivity contribution < 1.29 is 9.53 Å². The number of hydrogen-bond donors (Lipinski definition) is 0. The van der Waals surface area contributed by atoms with Crippen molar-refractivity contribution in [2.75, 3.05) is 25.0 Å². The highest BCUT2D eigenvalue weighted by molar-refractivity contribution is 9.09. The van der Waals surface area contributed by atoms with E-state index in [-0.39, 0.29) is 5.91 Å². The second-order valence-electron chi connectivity index (χ2n) is 4.29. The summed E-state index contributed by atoms with van der Waals surface area (Å²) in [6.45, 7) is 6.27. The van der Waals surface area contributed by atoms with Crippen LogP contribution in [0, 0.1) is 0 Å². The maximum absolute atomic E-state index is 12.4. The number of ether oxygens (including phenoxy) is 1. The number of benzene rings is 1. The summed E-state index contributed by atoms with van der Waals surface area (Å²) in [5.74, 6) is 0.899. The van der Waals surface area contributed by atoms with E-state index >= 15 is 0 Å². The fourth-order valence-electron chi connectivity index (χ4n) is 1.81. The van der Waals surface area contributed by atoms with Crippen LogP contribution in [-0.2, 0) is 0 Å². The van der Waals surface area contributed by atoms with E-state index in [9.17, 15) is 4.79 Å². The number of carbonyl (C=O) groups excluding carboxylic acids is 1. The summed E-state index contributed by atoms with van der Waals surface area (Å²) in [5.41, 5.74) is 0.723. The van der Waals surface area contributed by atoms with Gasteiger partial charge >= 0.3 is 0 Å². The van der Waals surface area contributed by atoms with Crippen LogP contribution in [0.1, 0.15) is 37.0 Å². The highest BCUT2D eigenvalue weighted by Gasteiger charge is 2.14. The maximum atomic E-state index is 12.4. The van der Waals surface area contributed by atoms with Crippen molar-refractivity contribution in [1.82, 2.24) is 4.90 Å². The number of halogens is 1. The average molecular weight is 328 g/mol.